The second-order valence-corrected chi connectivity index (χ2v) is 4.47. The molecule has 0 amide bonds. The number of hydrogen-bond acceptors (Lipinski definition) is 6. The van der Waals surface area contributed by atoms with E-state index < -0.39 is 0 Å². The largest absolute Gasteiger partial charge is 0.497 e. The van der Waals surface area contributed by atoms with Crippen molar-refractivity contribution in [1.82, 2.24) is 9.97 Å². The molecule has 0 spiro atoms. The monoisotopic (exact) mass is 288 g/mol. The Balaban J connectivity index is 2.36. The molecule has 112 valence electrons. The summed E-state index contributed by atoms with van der Waals surface area (Å²) in [6.45, 7) is 0.370. The zero-order chi connectivity index (χ0) is 15.2. The second kappa shape index (κ2) is 6.90. The van der Waals surface area contributed by atoms with Crippen LogP contribution in [0.2, 0.25) is 0 Å². The van der Waals surface area contributed by atoms with Crippen molar-refractivity contribution >= 4 is 17.3 Å². The van der Waals surface area contributed by atoms with Gasteiger partial charge in [0.2, 0.25) is 0 Å². The number of nitrogens with one attached hydrogen (secondary N) is 1. The van der Waals surface area contributed by atoms with Gasteiger partial charge in [-0.15, -0.1) is 0 Å². The highest BCUT2D eigenvalue weighted by atomic mass is 16.5. The van der Waals surface area contributed by atoms with Crippen molar-refractivity contribution in [2.45, 2.75) is 6.61 Å². The van der Waals surface area contributed by atoms with Crippen LogP contribution in [0.3, 0.4) is 0 Å². The molecule has 1 heterocycles. The fourth-order valence-electron chi connectivity index (χ4n) is 1.93. The van der Waals surface area contributed by atoms with Gasteiger partial charge in [0, 0.05) is 39.0 Å². The van der Waals surface area contributed by atoms with Gasteiger partial charge < -0.3 is 19.7 Å². The topological polar surface area (TPSA) is 59.5 Å². The Bertz CT molecular complexity index is 604. The molecule has 0 bridgehead atoms. The first-order valence-electron chi connectivity index (χ1n) is 6.60. The van der Waals surface area contributed by atoms with E-state index >= 15 is 0 Å². The molecule has 6 nitrogen and oxygen atoms in total. The number of rotatable bonds is 6. The van der Waals surface area contributed by atoms with Crippen molar-refractivity contribution in [3.8, 4) is 5.75 Å². The summed E-state index contributed by atoms with van der Waals surface area (Å²) in [6.07, 6.45) is 0. The molecule has 0 aliphatic rings. The van der Waals surface area contributed by atoms with Crippen LogP contribution in [0.1, 0.15) is 5.82 Å². The average molecular weight is 288 g/mol. The number of benzene rings is 1. The lowest BCUT2D eigenvalue weighted by Gasteiger charge is -2.20. The lowest BCUT2D eigenvalue weighted by Crippen LogP contribution is -2.14. The molecule has 1 N–H and O–H groups in total. The SMILES string of the molecule is CNc1cc(N(C)c2cccc(OC)c2)nc(COC)n1. The van der Waals surface area contributed by atoms with E-state index in [-0.39, 0.29) is 0 Å². The smallest absolute Gasteiger partial charge is 0.158 e. The fourth-order valence-corrected chi connectivity index (χ4v) is 1.93. The van der Waals surface area contributed by atoms with Crippen molar-refractivity contribution < 1.29 is 9.47 Å². The molecule has 1 aromatic heterocycles. The molecule has 0 radical (unpaired) electrons. The van der Waals surface area contributed by atoms with Crippen molar-refractivity contribution in [2.24, 2.45) is 0 Å². The number of aromatic nitrogens is 2. The number of ether oxygens (including phenoxy) is 2. The summed E-state index contributed by atoms with van der Waals surface area (Å²) >= 11 is 0. The first-order chi connectivity index (χ1) is 10.2. The van der Waals surface area contributed by atoms with Gasteiger partial charge in [0.15, 0.2) is 5.82 Å². The van der Waals surface area contributed by atoms with E-state index in [1.165, 1.54) is 0 Å². The zero-order valence-electron chi connectivity index (χ0n) is 12.8. The number of methoxy groups -OCH3 is 2. The number of hydrogen-bond donors (Lipinski definition) is 1. The minimum absolute atomic E-state index is 0.370. The highest BCUT2D eigenvalue weighted by Crippen LogP contribution is 2.26. The van der Waals surface area contributed by atoms with Crippen LogP contribution in [-0.2, 0) is 11.3 Å². The minimum atomic E-state index is 0.370. The lowest BCUT2D eigenvalue weighted by molar-refractivity contribution is 0.178. The normalized spacial score (nSPS) is 10.3. The summed E-state index contributed by atoms with van der Waals surface area (Å²) in [5.74, 6) is 2.98. The van der Waals surface area contributed by atoms with E-state index in [0.717, 1.165) is 23.1 Å². The maximum atomic E-state index is 5.26. The molecule has 0 saturated carbocycles. The first kappa shape index (κ1) is 15.1. The summed E-state index contributed by atoms with van der Waals surface area (Å²) in [6, 6.07) is 9.70. The molecule has 21 heavy (non-hydrogen) atoms. The maximum absolute atomic E-state index is 5.26. The van der Waals surface area contributed by atoms with Gasteiger partial charge in [-0.2, -0.15) is 0 Å². The van der Waals surface area contributed by atoms with E-state index in [1.807, 2.05) is 49.3 Å². The maximum Gasteiger partial charge on any atom is 0.158 e. The average Bonchev–Trinajstić information content (AvgIpc) is 2.54. The van der Waals surface area contributed by atoms with Crippen LogP contribution in [0.5, 0.6) is 5.75 Å². The van der Waals surface area contributed by atoms with Gasteiger partial charge in [-0.1, -0.05) is 6.07 Å². The predicted molar refractivity (Wildman–Crippen MR) is 83.3 cm³/mol. The summed E-state index contributed by atoms with van der Waals surface area (Å²) in [5, 5.41) is 3.04. The van der Waals surface area contributed by atoms with E-state index in [9.17, 15) is 0 Å². The highest BCUT2D eigenvalue weighted by Gasteiger charge is 2.10. The van der Waals surface area contributed by atoms with E-state index in [0.29, 0.717) is 12.4 Å². The van der Waals surface area contributed by atoms with Crippen LogP contribution in [0, 0.1) is 0 Å². The van der Waals surface area contributed by atoms with Gasteiger partial charge in [-0.05, 0) is 12.1 Å². The van der Waals surface area contributed by atoms with Crippen molar-refractivity contribution in [3.05, 3.63) is 36.2 Å². The predicted octanol–water partition coefficient (Wildman–Crippen LogP) is 2.44. The zero-order valence-corrected chi connectivity index (χ0v) is 12.8. The Labute approximate surface area is 124 Å². The van der Waals surface area contributed by atoms with Crippen molar-refractivity contribution in [3.63, 3.8) is 0 Å². The molecule has 0 unspecified atom stereocenters. The standard InChI is InChI=1S/C15H20N4O2/c1-16-13-9-15(18-14(17-13)10-20-3)19(2)11-6-5-7-12(8-11)21-4/h5-9H,10H2,1-4H3,(H,16,17,18). The summed E-state index contributed by atoms with van der Waals surface area (Å²) in [4.78, 5) is 10.8. The quantitative estimate of drug-likeness (QED) is 0.881. The van der Waals surface area contributed by atoms with Gasteiger partial charge in [0.1, 0.15) is 24.0 Å². The number of anilines is 3. The van der Waals surface area contributed by atoms with E-state index in [1.54, 1.807) is 14.2 Å². The minimum Gasteiger partial charge on any atom is -0.497 e. The molecule has 0 aliphatic carbocycles. The molecule has 0 aliphatic heterocycles. The second-order valence-electron chi connectivity index (χ2n) is 4.47. The molecule has 0 saturated heterocycles. The van der Waals surface area contributed by atoms with Crippen LogP contribution < -0.4 is 15.0 Å². The van der Waals surface area contributed by atoms with Crippen LogP contribution in [0.25, 0.3) is 0 Å². The third-order valence-electron chi connectivity index (χ3n) is 3.07. The molecular weight excluding hydrogens is 268 g/mol. The lowest BCUT2D eigenvalue weighted by atomic mass is 10.2. The highest BCUT2D eigenvalue weighted by molar-refractivity contribution is 5.63. The summed E-state index contributed by atoms with van der Waals surface area (Å²) in [5.41, 5.74) is 0.985. The Hall–Kier alpha value is -2.34. The molecule has 2 aromatic rings. The van der Waals surface area contributed by atoms with Gasteiger partial charge in [-0.3, -0.25) is 0 Å². The van der Waals surface area contributed by atoms with Crippen molar-refractivity contribution in [2.75, 3.05) is 38.5 Å². The Kier molecular flexibility index (Phi) is 4.94. The van der Waals surface area contributed by atoms with Gasteiger partial charge in [-0.25, -0.2) is 9.97 Å². The molecule has 2 rings (SSSR count). The third kappa shape index (κ3) is 3.61. The van der Waals surface area contributed by atoms with Gasteiger partial charge in [0.05, 0.1) is 7.11 Å². The first-order valence-corrected chi connectivity index (χ1v) is 6.60. The molecular formula is C15H20N4O2. The van der Waals surface area contributed by atoms with Crippen LogP contribution in [-0.4, -0.2) is 38.3 Å². The van der Waals surface area contributed by atoms with E-state index in [2.05, 4.69) is 15.3 Å². The third-order valence-corrected chi connectivity index (χ3v) is 3.07. The van der Waals surface area contributed by atoms with E-state index in [4.69, 9.17) is 9.47 Å². The number of nitrogens with zero attached hydrogens (tertiary/aromatic N) is 3. The van der Waals surface area contributed by atoms with Crippen molar-refractivity contribution in [1.29, 1.82) is 0 Å². The molecule has 6 heteroatoms. The van der Waals surface area contributed by atoms with Crippen LogP contribution >= 0.6 is 0 Å². The van der Waals surface area contributed by atoms with Crippen LogP contribution in [0.15, 0.2) is 30.3 Å². The molecule has 0 fully saturated rings. The Morgan fingerprint density at radius 1 is 1.19 bits per heavy atom. The Morgan fingerprint density at radius 2 is 2.00 bits per heavy atom. The summed E-state index contributed by atoms with van der Waals surface area (Å²) in [7, 11) is 7.06. The van der Waals surface area contributed by atoms with Gasteiger partial charge in [0.25, 0.3) is 0 Å². The molecule has 0 atom stereocenters. The Morgan fingerprint density at radius 3 is 2.67 bits per heavy atom. The van der Waals surface area contributed by atoms with Crippen LogP contribution in [0.4, 0.5) is 17.3 Å². The molecule has 1 aromatic carbocycles. The fraction of sp³-hybridized carbons (Fsp3) is 0.333. The van der Waals surface area contributed by atoms with Gasteiger partial charge >= 0.3 is 0 Å². The summed E-state index contributed by atoms with van der Waals surface area (Å²) < 4.78 is 10.4.